The smallest absolute Gasteiger partial charge is 0.339 e. The lowest BCUT2D eigenvalue weighted by Crippen LogP contribution is -2.50. The number of phenols is 1. The molecule has 0 aromatic heterocycles. The Morgan fingerprint density at radius 2 is 1.74 bits per heavy atom. The molecule has 4 heteroatoms. The van der Waals surface area contributed by atoms with Crippen molar-refractivity contribution in [2.24, 2.45) is 46.3 Å². The first kappa shape index (κ1) is 29.2. The third kappa shape index (κ3) is 5.71. The summed E-state index contributed by atoms with van der Waals surface area (Å²) in [7, 11) is 0. The number of fused-ring (bicyclic) bond motifs is 5. The summed E-state index contributed by atoms with van der Waals surface area (Å²) >= 11 is 0. The molecule has 3 saturated carbocycles. The molecule has 0 bridgehead atoms. The maximum absolute atomic E-state index is 10.3. The fourth-order valence-electron chi connectivity index (χ4n) is 9.32. The molecule has 212 valence electrons. The molecule has 0 radical (unpaired) electrons. The number of rotatable bonds is 6. The van der Waals surface area contributed by atoms with E-state index < -0.39 is 5.97 Å². The van der Waals surface area contributed by atoms with Gasteiger partial charge in [0.05, 0.1) is 6.10 Å². The third-order valence-corrected chi connectivity index (χ3v) is 11.4. The van der Waals surface area contributed by atoms with Gasteiger partial charge < -0.3 is 15.3 Å². The Kier molecular flexibility index (Phi) is 9.02. The van der Waals surface area contributed by atoms with Crippen LogP contribution in [0.1, 0.15) is 116 Å². The van der Waals surface area contributed by atoms with Gasteiger partial charge in [-0.1, -0.05) is 77.7 Å². The van der Waals surface area contributed by atoms with Crippen LogP contribution in [-0.2, 0) is 0 Å². The average Bonchev–Trinajstić information content (AvgIpc) is 3.22. The van der Waals surface area contributed by atoms with Crippen LogP contribution in [0.5, 0.6) is 5.75 Å². The predicted octanol–water partition coefficient (Wildman–Crippen LogP) is 8.48. The Hall–Kier alpha value is -1.81. The van der Waals surface area contributed by atoms with E-state index in [1.54, 1.807) is 17.7 Å². The molecule has 0 unspecified atom stereocenters. The lowest BCUT2D eigenvalue weighted by Gasteiger charge is -2.58. The molecule has 8 atom stereocenters. The molecular formula is C34H52O4. The maximum Gasteiger partial charge on any atom is 0.339 e. The van der Waals surface area contributed by atoms with Crippen molar-refractivity contribution in [3.63, 3.8) is 0 Å². The number of aliphatic hydroxyl groups excluding tert-OH is 1. The van der Waals surface area contributed by atoms with Gasteiger partial charge >= 0.3 is 5.97 Å². The van der Waals surface area contributed by atoms with Gasteiger partial charge in [-0.3, -0.25) is 0 Å². The second kappa shape index (κ2) is 11.7. The van der Waals surface area contributed by atoms with E-state index in [9.17, 15) is 9.90 Å². The highest BCUT2D eigenvalue weighted by Gasteiger charge is 2.59. The molecule has 38 heavy (non-hydrogen) atoms. The van der Waals surface area contributed by atoms with Crippen LogP contribution < -0.4 is 0 Å². The van der Waals surface area contributed by atoms with E-state index in [-0.39, 0.29) is 17.4 Å². The number of carboxylic acids is 1. The average molecular weight is 525 g/mol. The zero-order valence-corrected chi connectivity index (χ0v) is 24.5. The molecule has 4 nitrogen and oxygen atoms in total. The molecule has 0 spiro atoms. The van der Waals surface area contributed by atoms with E-state index in [2.05, 4.69) is 40.7 Å². The van der Waals surface area contributed by atoms with Gasteiger partial charge in [-0.25, -0.2) is 4.79 Å². The largest absolute Gasteiger partial charge is 0.507 e. The van der Waals surface area contributed by atoms with Gasteiger partial charge in [0.2, 0.25) is 0 Å². The third-order valence-electron chi connectivity index (χ3n) is 11.4. The predicted molar refractivity (Wildman–Crippen MR) is 154 cm³/mol. The zero-order valence-electron chi connectivity index (χ0n) is 24.5. The Balaban J connectivity index is 0.000000283. The molecule has 0 saturated heterocycles. The van der Waals surface area contributed by atoms with E-state index in [0.29, 0.717) is 10.8 Å². The number of allylic oxidation sites excluding steroid dienone is 1. The van der Waals surface area contributed by atoms with E-state index in [4.69, 9.17) is 10.2 Å². The minimum absolute atomic E-state index is 0.0671. The highest BCUT2D eigenvalue weighted by molar-refractivity contribution is 5.90. The molecule has 0 aliphatic heterocycles. The van der Waals surface area contributed by atoms with Crippen molar-refractivity contribution in [2.45, 2.75) is 111 Å². The van der Waals surface area contributed by atoms with Gasteiger partial charge in [0.15, 0.2) is 0 Å². The fourth-order valence-corrected chi connectivity index (χ4v) is 9.32. The number of carboxylic acid groups (broad SMARTS) is 1. The molecule has 4 aliphatic carbocycles. The Morgan fingerprint density at radius 3 is 2.39 bits per heavy atom. The van der Waals surface area contributed by atoms with Gasteiger partial charge in [-0.2, -0.15) is 0 Å². The highest BCUT2D eigenvalue weighted by Crippen LogP contribution is 2.67. The van der Waals surface area contributed by atoms with Crippen LogP contribution in [-0.4, -0.2) is 27.4 Å². The maximum atomic E-state index is 10.3. The van der Waals surface area contributed by atoms with Gasteiger partial charge in [-0.05, 0) is 110 Å². The van der Waals surface area contributed by atoms with Gasteiger partial charge in [0, 0.05) is 0 Å². The van der Waals surface area contributed by atoms with Crippen molar-refractivity contribution in [3.8, 4) is 5.75 Å². The van der Waals surface area contributed by atoms with Crippen LogP contribution in [0, 0.1) is 46.3 Å². The van der Waals surface area contributed by atoms with Crippen molar-refractivity contribution < 1.29 is 20.1 Å². The summed E-state index contributed by atoms with van der Waals surface area (Å²) in [6.45, 7) is 12.6. The molecule has 5 rings (SSSR count). The lowest BCUT2D eigenvalue weighted by atomic mass is 9.47. The summed E-state index contributed by atoms with van der Waals surface area (Å²) in [6.07, 6.45) is 17.2. The Labute approximate surface area is 230 Å². The number of hydrogen-bond donors (Lipinski definition) is 3. The van der Waals surface area contributed by atoms with Crippen molar-refractivity contribution in [3.05, 3.63) is 41.5 Å². The first-order valence-electron chi connectivity index (χ1n) is 15.4. The zero-order chi connectivity index (χ0) is 27.7. The van der Waals surface area contributed by atoms with E-state index >= 15 is 0 Å². The van der Waals surface area contributed by atoms with Crippen LogP contribution in [0.25, 0.3) is 0 Å². The molecule has 3 fully saturated rings. The summed E-state index contributed by atoms with van der Waals surface area (Å²) in [4.78, 5) is 10.3. The molecule has 3 N–H and O–H groups in total. The van der Waals surface area contributed by atoms with Crippen LogP contribution in [0.15, 0.2) is 35.9 Å². The number of para-hydroxylation sites is 1. The van der Waals surface area contributed by atoms with E-state index in [1.165, 1.54) is 69.9 Å². The topological polar surface area (TPSA) is 77.8 Å². The minimum atomic E-state index is -1.11. The lowest BCUT2D eigenvalue weighted by molar-refractivity contribution is -0.0573. The number of aromatic hydroxyl groups is 1. The SMILES string of the molecule is CC(C)CCC[C@@H](C)[C@H]1CC[C@H]2[C@@H]3CC=C4C[C@@H](O)CC[C@]4(C)[C@H]3CC[C@]12C.O=C(O)c1ccccc1O. The monoisotopic (exact) mass is 524 g/mol. The molecule has 1 aromatic carbocycles. The second-order valence-corrected chi connectivity index (χ2v) is 14.0. The van der Waals surface area contributed by atoms with Gasteiger partial charge in [0.1, 0.15) is 11.3 Å². The molecule has 1 aromatic rings. The van der Waals surface area contributed by atoms with Crippen LogP contribution in [0.2, 0.25) is 0 Å². The number of benzene rings is 1. The molecule has 4 aliphatic rings. The first-order valence-corrected chi connectivity index (χ1v) is 15.4. The summed E-state index contributed by atoms with van der Waals surface area (Å²) in [5, 5.41) is 27.5. The fraction of sp³-hybridized carbons (Fsp3) is 0.735. The summed E-state index contributed by atoms with van der Waals surface area (Å²) < 4.78 is 0. The molecule has 0 heterocycles. The number of aromatic carboxylic acids is 1. The van der Waals surface area contributed by atoms with Crippen molar-refractivity contribution in [1.82, 2.24) is 0 Å². The number of hydrogen-bond acceptors (Lipinski definition) is 3. The van der Waals surface area contributed by atoms with Gasteiger partial charge in [-0.15, -0.1) is 0 Å². The Morgan fingerprint density at radius 1 is 1.00 bits per heavy atom. The van der Waals surface area contributed by atoms with Crippen LogP contribution in [0.4, 0.5) is 0 Å². The van der Waals surface area contributed by atoms with Crippen LogP contribution >= 0.6 is 0 Å². The first-order chi connectivity index (χ1) is 18.0. The quantitative estimate of drug-likeness (QED) is 0.326. The number of aliphatic hydroxyl groups is 1. The molecular weight excluding hydrogens is 472 g/mol. The normalized spacial score (nSPS) is 36.7. The second-order valence-electron chi connectivity index (χ2n) is 14.0. The standard InChI is InChI=1S/C27H46O.C7H6O3/c1-18(2)7-6-8-19(3)23-11-12-24-22-10-9-20-17-21(28)13-15-26(20,4)25(22)14-16-27(23,24)5;8-6-4-2-1-3-5(6)7(9)10/h9,18-19,21-25,28H,6-8,10-17H2,1-5H3;1-4,8H,(H,9,10)/t19-,21+,22+,23-,24+,25+,26+,27-;/m1./s1. The number of carbonyl (C=O) groups is 1. The van der Waals surface area contributed by atoms with E-state index in [0.717, 1.165) is 48.3 Å². The van der Waals surface area contributed by atoms with Crippen molar-refractivity contribution in [2.75, 3.05) is 0 Å². The molecule has 0 amide bonds. The van der Waals surface area contributed by atoms with Crippen molar-refractivity contribution in [1.29, 1.82) is 0 Å². The van der Waals surface area contributed by atoms with Gasteiger partial charge in [0.25, 0.3) is 0 Å². The highest BCUT2D eigenvalue weighted by atomic mass is 16.4. The summed E-state index contributed by atoms with van der Waals surface area (Å²) in [6, 6.07) is 5.81. The van der Waals surface area contributed by atoms with E-state index in [1.807, 2.05) is 0 Å². The van der Waals surface area contributed by atoms with Crippen LogP contribution in [0.3, 0.4) is 0 Å². The van der Waals surface area contributed by atoms with Crippen molar-refractivity contribution >= 4 is 5.97 Å². The Bertz CT molecular complexity index is 998. The minimum Gasteiger partial charge on any atom is -0.507 e. The summed E-state index contributed by atoms with van der Waals surface area (Å²) in [5.74, 6) is 4.15. The summed E-state index contributed by atoms with van der Waals surface area (Å²) in [5.41, 5.74) is 2.54.